The second-order valence-corrected chi connectivity index (χ2v) is 3.52. The highest BCUT2D eigenvalue weighted by Crippen LogP contribution is 1.97. The first-order valence-corrected chi connectivity index (χ1v) is 4.78. The van der Waals surface area contributed by atoms with Gasteiger partial charge in [0.05, 0.1) is 24.0 Å². The van der Waals surface area contributed by atoms with Gasteiger partial charge >= 0.3 is 0 Å². The average molecular weight is 243 g/mol. The van der Waals surface area contributed by atoms with Gasteiger partial charge in [0.2, 0.25) is 0 Å². The topological polar surface area (TPSA) is 44.9 Å². The van der Waals surface area contributed by atoms with Crippen molar-refractivity contribution in [3.8, 4) is 0 Å². The highest BCUT2D eigenvalue weighted by molar-refractivity contribution is 5.85. The molecule has 0 aliphatic heterocycles. The Morgan fingerprint density at radius 3 is 1.75 bits per heavy atom. The summed E-state index contributed by atoms with van der Waals surface area (Å²) in [5, 5.41) is 0. The highest BCUT2D eigenvalue weighted by Gasteiger charge is 1.95. The molecule has 16 heavy (non-hydrogen) atoms. The van der Waals surface area contributed by atoms with Gasteiger partial charge in [0, 0.05) is 12.4 Å². The van der Waals surface area contributed by atoms with Gasteiger partial charge in [-0.25, -0.2) is 9.97 Å². The van der Waals surface area contributed by atoms with Crippen LogP contribution in [-0.2, 0) is 18.2 Å². The van der Waals surface area contributed by atoms with Crippen LogP contribution >= 0.6 is 12.4 Å². The number of hydrogen-bond acceptors (Lipinski definition) is 3. The van der Waals surface area contributed by atoms with Crippen LogP contribution in [0.2, 0.25) is 0 Å². The van der Waals surface area contributed by atoms with Crippen molar-refractivity contribution in [3.63, 3.8) is 0 Å². The highest BCUT2D eigenvalue weighted by atomic mass is 35.5. The Balaban J connectivity index is 0.00000128. The van der Waals surface area contributed by atoms with E-state index in [4.69, 9.17) is 4.74 Å². The van der Waals surface area contributed by atoms with Crippen LogP contribution in [0.3, 0.4) is 0 Å². The van der Waals surface area contributed by atoms with Crippen LogP contribution in [0.25, 0.3) is 0 Å². The van der Waals surface area contributed by atoms with Crippen molar-refractivity contribution in [2.75, 3.05) is 0 Å². The van der Waals surface area contributed by atoms with Crippen LogP contribution in [0.1, 0.15) is 11.4 Å². The number of aryl methyl sites for hydroxylation is 2. The van der Waals surface area contributed by atoms with E-state index in [1.54, 1.807) is 12.7 Å². The molecule has 5 nitrogen and oxygen atoms in total. The molecule has 0 saturated carbocycles. The van der Waals surface area contributed by atoms with E-state index in [1.165, 1.54) is 0 Å². The van der Waals surface area contributed by atoms with E-state index in [1.807, 2.05) is 35.4 Å². The summed E-state index contributed by atoms with van der Waals surface area (Å²) in [6.07, 6.45) is 7.40. The molecule has 0 radical (unpaired) electrons. The minimum absolute atomic E-state index is 0. The number of ether oxygens (including phenoxy) is 1. The first-order chi connectivity index (χ1) is 7.24. The molecule has 0 fully saturated rings. The number of halogens is 1. The monoisotopic (exact) mass is 242 g/mol. The SMILES string of the molecule is Cc1cn(COCn2cnc(C)c2)cn1.Cl. The molecule has 0 bridgehead atoms. The Morgan fingerprint density at radius 2 is 1.44 bits per heavy atom. The molecule has 0 aromatic carbocycles. The van der Waals surface area contributed by atoms with Gasteiger partial charge < -0.3 is 13.9 Å². The third-order valence-electron chi connectivity index (χ3n) is 2.01. The van der Waals surface area contributed by atoms with Gasteiger partial charge in [-0.2, -0.15) is 0 Å². The quantitative estimate of drug-likeness (QED) is 0.821. The lowest BCUT2D eigenvalue weighted by Gasteiger charge is -2.04. The largest absolute Gasteiger partial charge is 0.340 e. The summed E-state index contributed by atoms with van der Waals surface area (Å²) in [5.74, 6) is 0. The second kappa shape index (κ2) is 5.67. The molecule has 0 saturated heterocycles. The zero-order chi connectivity index (χ0) is 10.7. The van der Waals surface area contributed by atoms with E-state index in [0.29, 0.717) is 13.5 Å². The molecule has 2 heterocycles. The van der Waals surface area contributed by atoms with Gasteiger partial charge in [-0.15, -0.1) is 12.4 Å². The predicted octanol–water partition coefficient (Wildman–Crippen LogP) is 1.75. The molecule has 0 aliphatic carbocycles. The minimum Gasteiger partial charge on any atom is -0.340 e. The molecular formula is C10H15ClN4O. The number of hydrogen-bond donors (Lipinski definition) is 0. The summed E-state index contributed by atoms with van der Waals surface area (Å²) in [7, 11) is 0. The van der Waals surface area contributed by atoms with Gasteiger partial charge in [-0.3, -0.25) is 0 Å². The van der Waals surface area contributed by atoms with Crippen molar-refractivity contribution in [2.24, 2.45) is 0 Å². The normalized spacial score (nSPS) is 10.1. The maximum Gasteiger partial charge on any atom is 0.126 e. The number of imidazole rings is 2. The molecule has 6 heteroatoms. The second-order valence-electron chi connectivity index (χ2n) is 3.52. The van der Waals surface area contributed by atoms with E-state index < -0.39 is 0 Å². The molecule has 0 amide bonds. The molecule has 2 rings (SSSR count). The summed E-state index contributed by atoms with van der Waals surface area (Å²) in [4.78, 5) is 8.22. The molecule has 0 atom stereocenters. The average Bonchev–Trinajstić information content (AvgIpc) is 2.76. The van der Waals surface area contributed by atoms with E-state index in [0.717, 1.165) is 11.4 Å². The van der Waals surface area contributed by atoms with E-state index in [2.05, 4.69) is 9.97 Å². The maximum atomic E-state index is 5.48. The van der Waals surface area contributed by atoms with Crippen LogP contribution in [0.5, 0.6) is 0 Å². The number of rotatable bonds is 4. The first kappa shape index (κ1) is 12.7. The Bertz CT molecular complexity index is 397. The van der Waals surface area contributed by atoms with Crippen molar-refractivity contribution >= 4 is 12.4 Å². The zero-order valence-electron chi connectivity index (χ0n) is 9.33. The summed E-state index contributed by atoms with van der Waals surface area (Å²) in [5.41, 5.74) is 1.99. The minimum atomic E-state index is 0. The fourth-order valence-electron chi connectivity index (χ4n) is 1.34. The molecule has 0 unspecified atom stereocenters. The van der Waals surface area contributed by atoms with E-state index >= 15 is 0 Å². The van der Waals surface area contributed by atoms with Crippen molar-refractivity contribution in [1.29, 1.82) is 0 Å². The Labute approximate surface area is 100 Å². The first-order valence-electron chi connectivity index (χ1n) is 4.78. The fourth-order valence-corrected chi connectivity index (χ4v) is 1.34. The summed E-state index contributed by atoms with van der Waals surface area (Å²) in [6.45, 7) is 4.93. The lowest BCUT2D eigenvalue weighted by atomic mass is 10.6. The summed E-state index contributed by atoms with van der Waals surface area (Å²) in [6, 6.07) is 0. The summed E-state index contributed by atoms with van der Waals surface area (Å²) < 4.78 is 9.28. The van der Waals surface area contributed by atoms with Gasteiger partial charge in [0.15, 0.2) is 0 Å². The Morgan fingerprint density at radius 1 is 1.00 bits per heavy atom. The standard InChI is InChI=1S/C10H14N4O.ClH/c1-9-3-13(5-11-9)7-15-8-14-4-10(2)12-6-14;/h3-6H,7-8H2,1-2H3;1H. The molecule has 0 spiro atoms. The van der Waals surface area contributed by atoms with Crippen molar-refractivity contribution in [2.45, 2.75) is 27.3 Å². The third kappa shape index (κ3) is 3.36. The van der Waals surface area contributed by atoms with E-state index in [9.17, 15) is 0 Å². The third-order valence-corrected chi connectivity index (χ3v) is 2.01. The van der Waals surface area contributed by atoms with Gasteiger partial charge in [0.1, 0.15) is 13.5 Å². The van der Waals surface area contributed by atoms with Gasteiger partial charge in [-0.1, -0.05) is 0 Å². The molecule has 0 aliphatic rings. The van der Waals surface area contributed by atoms with Crippen molar-refractivity contribution in [1.82, 2.24) is 19.1 Å². The molecule has 0 N–H and O–H groups in total. The molecular weight excluding hydrogens is 228 g/mol. The van der Waals surface area contributed by atoms with Crippen LogP contribution in [0, 0.1) is 13.8 Å². The van der Waals surface area contributed by atoms with Crippen LogP contribution < -0.4 is 0 Å². The number of nitrogens with zero attached hydrogens (tertiary/aromatic N) is 4. The predicted molar refractivity (Wildman–Crippen MR) is 62.3 cm³/mol. The van der Waals surface area contributed by atoms with Crippen molar-refractivity contribution < 1.29 is 4.74 Å². The van der Waals surface area contributed by atoms with Gasteiger partial charge in [0.25, 0.3) is 0 Å². The molecule has 88 valence electrons. The van der Waals surface area contributed by atoms with Crippen LogP contribution in [0.15, 0.2) is 25.0 Å². The fraction of sp³-hybridized carbons (Fsp3) is 0.400. The summed E-state index contributed by atoms with van der Waals surface area (Å²) >= 11 is 0. The van der Waals surface area contributed by atoms with Crippen LogP contribution in [-0.4, -0.2) is 19.1 Å². The van der Waals surface area contributed by atoms with Crippen LogP contribution in [0.4, 0.5) is 0 Å². The Hall–Kier alpha value is -1.33. The van der Waals surface area contributed by atoms with Crippen molar-refractivity contribution in [3.05, 3.63) is 36.4 Å². The molecule has 2 aromatic heterocycles. The molecule has 2 aromatic rings. The van der Waals surface area contributed by atoms with Gasteiger partial charge in [-0.05, 0) is 13.8 Å². The zero-order valence-corrected chi connectivity index (χ0v) is 10.1. The maximum absolute atomic E-state index is 5.48. The lowest BCUT2D eigenvalue weighted by molar-refractivity contribution is 0.0273. The smallest absolute Gasteiger partial charge is 0.126 e. The lowest BCUT2D eigenvalue weighted by Crippen LogP contribution is -2.04. The number of aromatic nitrogens is 4. The Kier molecular flexibility index (Phi) is 4.52. The van der Waals surface area contributed by atoms with E-state index in [-0.39, 0.29) is 12.4 Å².